The van der Waals surface area contributed by atoms with Crippen LogP contribution in [0.2, 0.25) is 18.1 Å². The normalized spacial score (nSPS) is 12.2. The molecule has 1 aromatic carbocycles. The zero-order chi connectivity index (χ0) is 27.1. The molecular weight excluding hydrogens is 482 g/mol. The molecule has 0 saturated carbocycles. The molecule has 3 rings (SSSR count). The van der Waals surface area contributed by atoms with Gasteiger partial charge in [0.05, 0.1) is 30.1 Å². The minimum absolute atomic E-state index is 0.0657. The number of carbonyl (C=O) groups is 1. The van der Waals surface area contributed by atoms with E-state index >= 15 is 0 Å². The molecule has 3 aromatic rings. The molecule has 0 aliphatic carbocycles. The van der Waals surface area contributed by atoms with E-state index in [9.17, 15) is 9.90 Å². The van der Waals surface area contributed by atoms with Crippen molar-refractivity contribution in [1.82, 2.24) is 25.1 Å². The van der Waals surface area contributed by atoms with Gasteiger partial charge in [-0.25, -0.2) is 4.79 Å². The van der Waals surface area contributed by atoms with E-state index in [1.165, 1.54) is 5.56 Å². The second kappa shape index (κ2) is 12.6. The molecular formula is C28H41N5O3Si. The molecule has 9 heteroatoms. The fourth-order valence-corrected chi connectivity index (χ4v) is 4.76. The van der Waals surface area contributed by atoms with Crippen molar-refractivity contribution >= 4 is 14.3 Å². The number of hydrogen-bond acceptors (Lipinski definition) is 6. The van der Waals surface area contributed by atoms with Crippen molar-refractivity contribution < 1.29 is 14.3 Å². The summed E-state index contributed by atoms with van der Waals surface area (Å²) in [5.41, 5.74) is 2.85. The van der Waals surface area contributed by atoms with E-state index in [0.29, 0.717) is 31.1 Å². The molecule has 0 amide bonds. The van der Waals surface area contributed by atoms with E-state index in [-0.39, 0.29) is 10.6 Å². The highest BCUT2D eigenvalue weighted by Gasteiger charge is 2.37. The summed E-state index contributed by atoms with van der Waals surface area (Å²) in [6, 6.07) is 13.7. The molecule has 2 heterocycles. The number of hydrogen-bond donors (Lipinski definition) is 2. The zero-order valence-corrected chi connectivity index (χ0v) is 24.0. The second-order valence-electron chi connectivity index (χ2n) is 10.9. The maximum absolute atomic E-state index is 11.7. The third-order valence-electron chi connectivity index (χ3n) is 7.06. The molecule has 37 heavy (non-hydrogen) atoms. The van der Waals surface area contributed by atoms with Crippen molar-refractivity contribution in [2.75, 3.05) is 0 Å². The zero-order valence-electron chi connectivity index (χ0n) is 23.0. The second-order valence-corrected chi connectivity index (χ2v) is 15.7. The Kier molecular flexibility index (Phi) is 9.75. The van der Waals surface area contributed by atoms with Crippen LogP contribution < -0.4 is 5.32 Å². The molecule has 0 aliphatic rings. The van der Waals surface area contributed by atoms with Crippen LogP contribution in [-0.2, 0) is 43.5 Å². The summed E-state index contributed by atoms with van der Waals surface area (Å²) in [4.78, 5) is 16.4. The van der Waals surface area contributed by atoms with Crippen LogP contribution in [0.1, 0.15) is 73.1 Å². The van der Waals surface area contributed by atoms with E-state index in [2.05, 4.69) is 90.1 Å². The quantitative estimate of drug-likeness (QED) is 0.290. The van der Waals surface area contributed by atoms with Gasteiger partial charge in [-0.15, -0.1) is 10.2 Å². The Balaban J connectivity index is 1.64. The van der Waals surface area contributed by atoms with Crippen molar-refractivity contribution in [3.05, 3.63) is 76.6 Å². The highest BCUT2D eigenvalue weighted by atomic mass is 28.4. The van der Waals surface area contributed by atoms with E-state index in [0.717, 1.165) is 37.5 Å². The lowest BCUT2D eigenvalue weighted by Gasteiger charge is -2.36. The van der Waals surface area contributed by atoms with Crippen molar-refractivity contribution in [2.45, 2.75) is 91.3 Å². The standard InChI is InChI=1S/C28H41N5O3Si/c1-7-25-31-32-26(33(25)15-11-14-21-12-9-8-10-13-21)19-29-18-23-16-22(27(34)35)17-24(30-23)20-36-37(5,6)28(2,3)4/h8-10,12-13,16-17,29H,7,11,14-15,18-20H2,1-6H3,(H,34,35). The number of benzene rings is 1. The first-order valence-corrected chi connectivity index (χ1v) is 15.9. The first-order valence-electron chi connectivity index (χ1n) is 13.0. The van der Waals surface area contributed by atoms with Gasteiger partial charge in [0.25, 0.3) is 0 Å². The Hall–Kier alpha value is -2.88. The minimum Gasteiger partial charge on any atom is -0.478 e. The smallest absolute Gasteiger partial charge is 0.335 e. The molecule has 0 unspecified atom stereocenters. The number of nitrogens with one attached hydrogen (secondary N) is 1. The van der Waals surface area contributed by atoms with Gasteiger partial charge < -0.3 is 19.4 Å². The van der Waals surface area contributed by atoms with E-state index in [1.54, 1.807) is 12.1 Å². The maximum atomic E-state index is 11.7. The fraction of sp³-hybridized carbons (Fsp3) is 0.500. The Labute approximate surface area is 221 Å². The van der Waals surface area contributed by atoms with Gasteiger partial charge in [0.1, 0.15) is 11.6 Å². The number of nitrogens with zero attached hydrogens (tertiary/aromatic N) is 4. The first-order chi connectivity index (χ1) is 17.5. The third kappa shape index (κ3) is 8.05. The van der Waals surface area contributed by atoms with Crippen LogP contribution in [0.25, 0.3) is 0 Å². The van der Waals surface area contributed by atoms with Gasteiger partial charge in [-0.05, 0) is 48.7 Å². The number of aryl methyl sites for hydroxylation is 2. The molecule has 2 N–H and O–H groups in total. The Morgan fingerprint density at radius 1 is 1.05 bits per heavy atom. The Morgan fingerprint density at radius 3 is 2.38 bits per heavy atom. The lowest BCUT2D eigenvalue weighted by atomic mass is 10.1. The highest BCUT2D eigenvalue weighted by molar-refractivity contribution is 6.74. The lowest BCUT2D eigenvalue weighted by Crippen LogP contribution is -2.40. The summed E-state index contributed by atoms with van der Waals surface area (Å²) in [6.45, 7) is 15.1. The fourth-order valence-electron chi connectivity index (χ4n) is 3.82. The van der Waals surface area contributed by atoms with Gasteiger partial charge in [0, 0.05) is 19.5 Å². The van der Waals surface area contributed by atoms with Crippen LogP contribution in [-0.4, -0.2) is 39.1 Å². The van der Waals surface area contributed by atoms with E-state index in [1.807, 2.05) is 6.07 Å². The molecule has 8 nitrogen and oxygen atoms in total. The monoisotopic (exact) mass is 523 g/mol. The topological polar surface area (TPSA) is 102 Å². The molecule has 2 aromatic heterocycles. The summed E-state index contributed by atoms with van der Waals surface area (Å²) in [5, 5.41) is 21.9. The first kappa shape index (κ1) is 28.7. The van der Waals surface area contributed by atoms with Crippen molar-refractivity contribution in [3.8, 4) is 0 Å². The number of pyridine rings is 1. The molecule has 200 valence electrons. The van der Waals surface area contributed by atoms with Gasteiger partial charge in [-0.3, -0.25) is 4.98 Å². The molecule has 0 bridgehead atoms. The summed E-state index contributed by atoms with van der Waals surface area (Å²) in [5.74, 6) is 0.879. The van der Waals surface area contributed by atoms with Crippen molar-refractivity contribution in [2.24, 2.45) is 0 Å². The van der Waals surface area contributed by atoms with Gasteiger partial charge >= 0.3 is 5.97 Å². The average molecular weight is 524 g/mol. The number of carboxylic acid groups (broad SMARTS) is 1. The predicted octanol–water partition coefficient (Wildman–Crippen LogP) is 5.38. The molecule has 0 aliphatic heterocycles. The number of rotatable bonds is 13. The SMILES string of the molecule is CCc1nnc(CNCc2cc(C(=O)O)cc(CO[Si](C)(C)C(C)(C)C)n2)n1CCCc1ccccc1. The molecule has 0 atom stereocenters. The lowest BCUT2D eigenvalue weighted by molar-refractivity contribution is 0.0696. The number of aromatic nitrogens is 4. The van der Waals surface area contributed by atoms with E-state index < -0.39 is 14.3 Å². The number of carboxylic acids is 1. The number of aromatic carboxylic acids is 1. The maximum Gasteiger partial charge on any atom is 0.335 e. The summed E-state index contributed by atoms with van der Waals surface area (Å²) in [7, 11) is -1.98. The summed E-state index contributed by atoms with van der Waals surface area (Å²) >= 11 is 0. The van der Waals surface area contributed by atoms with Crippen LogP contribution in [0.15, 0.2) is 42.5 Å². The van der Waals surface area contributed by atoms with Crippen molar-refractivity contribution in [3.63, 3.8) is 0 Å². The summed E-state index contributed by atoms with van der Waals surface area (Å²) in [6.07, 6.45) is 2.82. The van der Waals surface area contributed by atoms with Crippen LogP contribution in [0.3, 0.4) is 0 Å². The Bertz CT molecular complexity index is 1170. The molecule has 0 spiro atoms. The van der Waals surface area contributed by atoms with Gasteiger partial charge in [-0.1, -0.05) is 58.0 Å². The minimum atomic E-state index is -1.98. The molecule has 0 saturated heterocycles. The van der Waals surface area contributed by atoms with E-state index in [4.69, 9.17) is 4.43 Å². The van der Waals surface area contributed by atoms with Crippen LogP contribution >= 0.6 is 0 Å². The predicted molar refractivity (Wildman–Crippen MR) is 148 cm³/mol. The molecule has 0 fully saturated rings. The van der Waals surface area contributed by atoms with Crippen LogP contribution in [0.5, 0.6) is 0 Å². The van der Waals surface area contributed by atoms with Gasteiger partial charge in [-0.2, -0.15) is 0 Å². The van der Waals surface area contributed by atoms with Crippen molar-refractivity contribution in [1.29, 1.82) is 0 Å². The van der Waals surface area contributed by atoms with Crippen LogP contribution in [0.4, 0.5) is 0 Å². The summed E-state index contributed by atoms with van der Waals surface area (Å²) < 4.78 is 8.48. The average Bonchev–Trinajstić information content (AvgIpc) is 3.24. The van der Waals surface area contributed by atoms with Gasteiger partial charge in [0.2, 0.25) is 0 Å². The largest absolute Gasteiger partial charge is 0.478 e. The third-order valence-corrected chi connectivity index (χ3v) is 11.5. The Morgan fingerprint density at radius 2 is 1.73 bits per heavy atom. The highest BCUT2D eigenvalue weighted by Crippen LogP contribution is 2.37. The van der Waals surface area contributed by atoms with Gasteiger partial charge in [0.15, 0.2) is 8.32 Å². The van der Waals surface area contributed by atoms with Crippen LogP contribution in [0, 0.1) is 0 Å². The molecule has 0 radical (unpaired) electrons.